The minimum Gasteiger partial charge on any atom is -0.455 e. The predicted octanol–water partition coefficient (Wildman–Crippen LogP) is 15.3. The summed E-state index contributed by atoms with van der Waals surface area (Å²) >= 11 is 0. The summed E-state index contributed by atoms with van der Waals surface area (Å²) in [4.78, 5) is 0. The molecule has 11 rings (SSSR count). The summed E-state index contributed by atoms with van der Waals surface area (Å²) in [5, 5.41) is 3.76. The maximum absolute atomic E-state index is 7.38. The van der Waals surface area contributed by atoms with Gasteiger partial charge >= 0.3 is 5.82 Å². The van der Waals surface area contributed by atoms with Gasteiger partial charge in [-0.05, 0) is 88.2 Å². The lowest BCUT2D eigenvalue weighted by Gasteiger charge is -2.32. The molecule has 0 spiro atoms. The zero-order chi connectivity index (χ0) is 46.7. The molecule has 2 unspecified atom stereocenters. The van der Waals surface area contributed by atoms with Crippen molar-refractivity contribution in [3.63, 3.8) is 0 Å². The van der Waals surface area contributed by atoms with Crippen LogP contribution in [0.2, 0.25) is 19.6 Å². The first-order valence-electron chi connectivity index (χ1n) is 24.7. The molecule has 0 saturated carbocycles. The predicted molar refractivity (Wildman–Crippen MR) is 284 cm³/mol. The molecule has 6 aromatic carbocycles. The van der Waals surface area contributed by atoms with Gasteiger partial charge in [0.05, 0.1) is 14.5 Å². The van der Waals surface area contributed by atoms with E-state index in [9.17, 15) is 0 Å². The van der Waals surface area contributed by atoms with Crippen molar-refractivity contribution < 1.29 is 13.6 Å². The van der Waals surface area contributed by atoms with Crippen LogP contribution in [-0.4, -0.2) is 12.6 Å². The van der Waals surface area contributed by atoms with Crippen molar-refractivity contribution in [3.05, 3.63) is 174 Å². The molecule has 67 heavy (non-hydrogen) atoms. The Morgan fingerprint density at radius 1 is 0.731 bits per heavy atom. The van der Waals surface area contributed by atoms with E-state index in [1.54, 1.807) is 0 Å². The quantitative estimate of drug-likeness (QED) is 0.125. The summed E-state index contributed by atoms with van der Waals surface area (Å²) in [6.45, 7) is 29.1. The molecule has 2 aliphatic heterocycles. The van der Waals surface area contributed by atoms with Crippen molar-refractivity contribution in [1.82, 2.24) is 4.57 Å². The van der Waals surface area contributed by atoms with Gasteiger partial charge in [-0.2, -0.15) is 13.7 Å². The third-order valence-electron chi connectivity index (χ3n) is 15.1. The molecule has 0 saturated heterocycles. The largest absolute Gasteiger partial charge is 0.455 e. The Balaban J connectivity index is 1.27. The van der Waals surface area contributed by atoms with Gasteiger partial charge in [0.15, 0.2) is 28.9 Å². The first kappa shape index (κ1) is 43.3. The average molecular weight is 896 g/mol. The van der Waals surface area contributed by atoms with Crippen LogP contribution in [0, 0.1) is 0 Å². The number of allylic oxidation sites excluding steroid dienone is 1. The van der Waals surface area contributed by atoms with E-state index in [0.717, 1.165) is 69.4 Å². The maximum atomic E-state index is 7.38. The van der Waals surface area contributed by atoms with Crippen molar-refractivity contribution in [2.45, 2.75) is 117 Å². The summed E-state index contributed by atoms with van der Waals surface area (Å²) in [5.41, 5.74) is 19.5. The molecule has 0 amide bonds. The van der Waals surface area contributed by atoms with Crippen molar-refractivity contribution in [3.8, 4) is 39.5 Å². The Labute approximate surface area is 398 Å². The van der Waals surface area contributed by atoms with Crippen LogP contribution < -0.4 is 14.3 Å². The summed E-state index contributed by atoms with van der Waals surface area (Å²) in [6.07, 6.45) is 5.20. The number of fused-ring (bicyclic) bond motifs is 15. The molecule has 2 aliphatic rings. The average Bonchev–Trinajstić information content (AvgIpc) is 3.85. The monoisotopic (exact) mass is 895 g/mol. The number of aromatic nitrogens is 3. The standard InChI is InChI=1S/C62H65N3OSi/c1-38(2)51-35-44(62(6,7)8)36-52(39(3)4)59(51)65-55-24-18-17-23-54(55)64-40(5)33-56-48(46-21-15-16-22-47(46)53-32-28-45(37-63(53)56)67(9,10)11)29-25-42-26-31-50-49-30-27-43(41-19-13-12-14-20-41)34-57(49)66-60(50)58(42)61(64)65/h12-24,26-28,30-32,34-39,48,56H,5,25,29,33H2,1-4,6-11H3/q+2. The first-order valence-corrected chi connectivity index (χ1v) is 28.2. The van der Waals surface area contributed by atoms with Gasteiger partial charge in [-0.3, -0.25) is 0 Å². The molecule has 2 atom stereocenters. The third kappa shape index (κ3) is 7.07. The topological polar surface area (TPSA) is 25.8 Å². The van der Waals surface area contributed by atoms with E-state index in [1.165, 1.54) is 61.0 Å². The van der Waals surface area contributed by atoms with Crippen LogP contribution in [0.3, 0.4) is 0 Å². The number of hydrogen-bond acceptors (Lipinski definition) is 1. The molecule has 0 fully saturated rings. The van der Waals surface area contributed by atoms with Crippen LogP contribution in [-0.2, 0) is 11.8 Å². The molecular weight excluding hydrogens is 831 g/mol. The van der Waals surface area contributed by atoms with Gasteiger partial charge in [0.2, 0.25) is 5.69 Å². The van der Waals surface area contributed by atoms with E-state index >= 15 is 0 Å². The second-order valence-corrected chi connectivity index (χ2v) is 27.3. The molecule has 3 aromatic heterocycles. The van der Waals surface area contributed by atoms with E-state index in [1.807, 2.05) is 0 Å². The van der Waals surface area contributed by atoms with Crippen molar-refractivity contribution >= 4 is 51.9 Å². The second kappa shape index (κ2) is 15.9. The number of rotatable bonds is 5. The lowest BCUT2D eigenvalue weighted by atomic mass is 9.77. The van der Waals surface area contributed by atoms with Crippen LogP contribution in [0.5, 0.6) is 0 Å². The molecule has 5 heterocycles. The fourth-order valence-corrected chi connectivity index (χ4v) is 12.6. The van der Waals surface area contributed by atoms with Crippen molar-refractivity contribution in [2.24, 2.45) is 0 Å². The van der Waals surface area contributed by atoms with Crippen molar-refractivity contribution in [1.29, 1.82) is 0 Å². The molecular formula is C62H65N3OSi+2. The van der Waals surface area contributed by atoms with E-state index in [0.29, 0.717) is 0 Å². The molecule has 0 bridgehead atoms. The molecule has 336 valence electrons. The molecule has 0 radical (unpaired) electrons. The van der Waals surface area contributed by atoms with Crippen LogP contribution >= 0.6 is 0 Å². The Morgan fingerprint density at radius 3 is 2.13 bits per heavy atom. The van der Waals surface area contributed by atoms with E-state index < -0.39 is 8.07 Å². The SMILES string of the molecule is C=C1CC2C(CCc3ccc4c(oc5cc(-c6ccccc6)ccc54)c3-c3n1c1ccccc1[n+]3-c1c(C(C)C)cc(C(C)(C)C)cc1C(C)C)c1ccccc1-c1ccc([Si](C)(C)C)c[n+]12. The fraction of sp³-hybridized carbons (Fsp3) is 0.290. The van der Waals surface area contributed by atoms with Gasteiger partial charge in [0, 0.05) is 44.6 Å². The normalized spacial score (nSPS) is 16.3. The van der Waals surface area contributed by atoms with E-state index in [4.69, 9.17) is 11.0 Å². The molecule has 9 aromatic rings. The number of furan rings is 1. The minimum atomic E-state index is -1.65. The highest BCUT2D eigenvalue weighted by molar-refractivity contribution is 6.88. The Hall–Kier alpha value is -6.30. The highest BCUT2D eigenvalue weighted by Crippen LogP contribution is 2.48. The van der Waals surface area contributed by atoms with Gasteiger partial charge in [-0.1, -0.05) is 172 Å². The van der Waals surface area contributed by atoms with Crippen LogP contribution in [0.15, 0.2) is 151 Å². The highest BCUT2D eigenvalue weighted by atomic mass is 28.3. The molecule has 0 aliphatic carbocycles. The highest BCUT2D eigenvalue weighted by Gasteiger charge is 2.45. The van der Waals surface area contributed by atoms with Gasteiger partial charge in [0.1, 0.15) is 22.5 Å². The summed E-state index contributed by atoms with van der Waals surface area (Å²) < 4.78 is 15.2. The first-order chi connectivity index (χ1) is 32.1. The van der Waals surface area contributed by atoms with Crippen LogP contribution in [0.25, 0.3) is 78.1 Å². The number of para-hydroxylation sites is 2. The number of aryl methyl sites for hydroxylation is 1. The van der Waals surface area contributed by atoms with Gasteiger partial charge in [-0.15, -0.1) is 0 Å². The van der Waals surface area contributed by atoms with Crippen molar-refractivity contribution in [2.75, 3.05) is 0 Å². The minimum absolute atomic E-state index is 0.0112. The number of hydrogen-bond donors (Lipinski definition) is 0. The van der Waals surface area contributed by atoms with Gasteiger partial charge in [-0.25, -0.2) is 0 Å². The molecule has 5 heteroatoms. The molecule has 0 N–H and O–H groups in total. The lowest BCUT2D eigenvalue weighted by Crippen LogP contribution is -2.52. The number of imidazole rings is 1. The Kier molecular flexibility index (Phi) is 10.3. The van der Waals surface area contributed by atoms with Crippen LogP contribution in [0.4, 0.5) is 0 Å². The summed E-state index contributed by atoms with van der Waals surface area (Å²) in [6, 6.07) is 50.5. The zero-order valence-corrected chi connectivity index (χ0v) is 42.2. The second-order valence-electron chi connectivity index (χ2n) is 22.2. The van der Waals surface area contributed by atoms with E-state index in [-0.39, 0.29) is 29.2 Å². The molecule has 4 nitrogen and oxygen atoms in total. The maximum Gasteiger partial charge on any atom is 0.304 e. The number of benzene rings is 6. The lowest BCUT2D eigenvalue weighted by molar-refractivity contribution is -0.716. The number of nitrogens with zero attached hydrogens (tertiary/aromatic N) is 3. The van der Waals surface area contributed by atoms with Gasteiger partial charge < -0.3 is 4.42 Å². The van der Waals surface area contributed by atoms with Crippen LogP contribution in [0.1, 0.15) is 113 Å². The smallest absolute Gasteiger partial charge is 0.304 e. The van der Waals surface area contributed by atoms with E-state index in [2.05, 4.69) is 221 Å². The van der Waals surface area contributed by atoms with Gasteiger partial charge in [0.25, 0.3) is 0 Å². The zero-order valence-electron chi connectivity index (χ0n) is 41.2. The Bertz CT molecular complexity index is 3410. The Morgan fingerprint density at radius 2 is 1.42 bits per heavy atom. The number of pyridine rings is 1. The summed E-state index contributed by atoms with van der Waals surface area (Å²) in [5.74, 6) is 1.94. The third-order valence-corrected chi connectivity index (χ3v) is 17.2. The summed E-state index contributed by atoms with van der Waals surface area (Å²) in [7, 11) is -1.65. The fourth-order valence-electron chi connectivity index (χ4n) is 11.5.